The van der Waals surface area contributed by atoms with Gasteiger partial charge in [0.05, 0.1) is 43.1 Å². The summed E-state index contributed by atoms with van der Waals surface area (Å²) in [7, 11) is 3.04. The van der Waals surface area contributed by atoms with Gasteiger partial charge in [-0.2, -0.15) is 0 Å². The first kappa shape index (κ1) is 49.4. The normalized spacial score (nSPS) is 18.9. The van der Waals surface area contributed by atoms with Crippen molar-refractivity contribution in [2.24, 2.45) is 5.41 Å². The van der Waals surface area contributed by atoms with Gasteiger partial charge >= 0.3 is 18.0 Å². The molecule has 5 heterocycles. The number of carbonyl (C=O) groups is 4. The molecule has 0 bridgehead atoms. The number of rotatable bonds is 15. The van der Waals surface area contributed by atoms with E-state index in [1.165, 1.54) is 38.4 Å². The van der Waals surface area contributed by atoms with E-state index in [0.29, 0.717) is 38.4 Å². The van der Waals surface area contributed by atoms with Gasteiger partial charge in [0.15, 0.2) is 0 Å². The highest BCUT2D eigenvalue weighted by molar-refractivity contribution is 5.96. The number of amides is 2. The van der Waals surface area contributed by atoms with Gasteiger partial charge in [-0.05, 0) is 114 Å². The molecule has 67 heavy (non-hydrogen) atoms. The molecule has 0 aliphatic carbocycles. The zero-order valence-corrected chi connectivity index (χ0v) is 41.2. The SMILES string of the molecule is CCn1c(-c2cc(N3CCN4CCC[C@@H]4C3)cnc2[C@H](C)OC)c(CC(C)(C)COC(C)=O)c2cc(-c3cccc(C[C@H](NC(=O)OC(C)(C)C)C(=O)N4CCC[C@@H](C(=O)OC)N4)c3)ccc21. The summed E-state index contributed by atoms with van der Waals surface area (Å²) in [4.78, 5) is 62.3. The molecule has 3 saturated heterocycles. The second-order valence-corrected chi connectivity index (χ2v) is 20.1. The molecule has 0 saturated carbocycles. The monoisotopic (exact) mass is 922 g/mol. The summed E-state index contributed by atoms with van der Waals surface area (Å²) in [5, 5.41) is 5.31. The minimum absolute atomic E-state index is 0.167. The number of nitrogens with zero attached hydrogens (tertiary/aromatic N) is 5. The average Bonchev–Trinajstić information content (AvgIpc) is 3.90. The minimum Gasteiger partial charge on any atom is -0.468 e. The van der Waals surface area contributed by atoms with E-state index in [0.717, 1.165) is 75.4 Å². The molecule has 0 spiro atoms. The van der Waals surface area contributed by atoms with Crippen molar-refractivity contribution in [3.63, 3.8) is 0 Å². The van der Waals surface area contributed by atoms with Crippen molar-refractivity contribution >= 4 is 40.5 Å². The highest BCUT2D eigenvalue weighted by Crippen LogP contribution is 2.43. The fourth-order valence-corrected chi connectivity index (χ4v) is 9.94. The molecule has 0 unspecified atom stereocenters. The second-order valence-electron chi connectivity index (χ2n) is 20.1. The van der Waals surface area contributed by atoms with E-state index in [4.69, 9.17) is 23.9 Å². The molecule has 3 aliphatic heterocycles. The Balaban J connectivity index is 1.30. The van der Waals surface area contributed by atoms with Crippen LogP contribution in [0.15, 0.2) is 54.7 Å². The fraction of sp³-hybridized carbons (Fsp3) is 0.558. The molecule has 2 aromatic carbocycles. The summed E-state index contributed by atoms with van der Waals surface area (Å²) >= 11 is 0. The number of nitrogens with one attached hydrogen (secondary N) is 2. The summed E-state index contributed by atoms with van der Waals surface area (Å²) in [6.45, 7) is 20.7. The molecule has 2 N–H and O–H groups in total. The Morgan fingerprint density at radius 2 is 1.70 bits per heavy atom. The summed E-state index contributed by atoms with van der Waals surface area (Å²) in [6, 6.07) is 15.7. The molecule has 3 aliphatic rings. The van der Waals surface area contributed by atoms with E-state index >= 15 is 0 Å². The maximum Gasteiger partial charge on any atom is 0.408 e. The van der Waals surface area contributed by atoms with Crippen molar-refractivity contribution in [1.82, 2.24) is 30.2 Å². The number of carbonyl (C=O) groups excluding carboxylic acids is 4. The van der Waals surface area contributed by atoms with Gasteiger partial charge in [-0.15, -0.1) is 0 Å². The van der Waals surface area contributed by atoms with Crippen molar-refractivity contribution in [3.8, 4) is 22.4 Å². The van der Waals surface area contributed by atoms with Crippen molar-refractivity contribution in [2.75, 3.05) is 58.5 Å². The number of piperazine rings is 1. The number of hydrogen-bond donors (Lipinski definition) is 2. The molecule has 15 nitrogen and oxygen atoms in total. The molecular weight excluding hydrogens is 851 g/mol. The number of fused-ring (bicyclic) bond motifs is 2. The van der Waals surface area contributed by atoms with E-state index in [1.54, 1.807) is 27.9 Å². The standard InChI is InChI=1S/C52H71N7O8/c1-11-58-45-20-19-37(36-16-12-15-35(25-36)26-44(54-50(63)67-51(4,5)6)48(61)59-22-14-18-43(55-59)49(62)65-10)27-40(45)42(29-52(7,8)32-66-34(3)60)47(58)41-28-39(30-53-46(41)33(2)64-9)57-24-23-56-21-13-17-38(56)31-57/h12,15-16,19-20,25,27-28,30,33,38,43-44,55H,11,13-14,17-18,21-24,26,29,31-32H2,1-10H3,(H,54,63)/t33-,38+,43-,44-/m0/s1. The largest absolute Gasteiger partial charge is 0.468 e. The molecule has 15 heteroatoms. The molecule has 7 rings (SSSR count). The van der Waals surface area contributed by atoms with Gasteiger partial charge in [-0.25, -0.2) is 10.2 Å². The average molecular weight is 922 g/mol. The number of aromatic nitrogens is 2. The number of pyridine rings is 1. The molecule has 4 aromatic rings. The highest BCUT2D eigenvalue weighted by Gasteiger charge is 2.36. The number of esters is 2. The lowest BCUT2D eigenvalue weighted by molar-refractivity contribution is -0.150. The molecule has 4 atom stereocenters. The van der Waals surface area contributed by atoms with Gasteiger partial charge in [-0.3, -0.25) is 29.3 Å². The Bertz CT molecular complexity index is 2440. The molecule has 0 radical (unpaired) electrons. The van der Waals surface area contributed by atoms with Crippen molar-refractivity contribution in [2.45, 2.75) is 130 Å². The van der Waals surface area contributed by atoms with Crippen LogP contribution in [0.2, 0.25) is 0 Å². The predicted molar refractivity (Wildman–Crippen MR) is 259 cm³/mol. The van der Waals surface area contributed by atoms with Gasteiger partial charge in [0.25, 0.3) is 5.91 Å². The van der Waals surface area contributed by atoms with Crippen molar-refractivity contribution in [1.29, 1.82) is 0 Å². The van der Waals surface area contributed by atoms with Gasteiger partial charge in [-0.1, -0.05) is 44.2 Å². The Morgan fingerprint density at radius 1 is 0.940 bits per heavy atom. The third kappa shape index (κ3) is 11.6. The zero-order valence-electron chi connectivity index (χ0n) is 41.2. The van der Waals surface area contributed by atoms with Crippen LogP contribution in [0.4, 0.5) is 10.5 Å². The smallest absolute Gasteiger partial charge is 0.408 e. The number of hydrazine groups is 1. The van der Waals surface area contributed by atoms with Gasteiger partial charge < -0.3 is 33.7 Å². The number of aryl methyl sites for hydroxylation is 1. The molecule has 2 amide bonds. The third-order valence-corrected chi connectivity index (χ3v) is 13.3. The maximum absolute atomic E-state index is 14.2. The third-order valence-electron chi connectivity index (χ3n) is 13.3. The lowest BCUT2D eigenvalue weighted by Crippen LogP contribution is -2.60. The maximum atomic E-state index is 14.2. The van der Waals surface area contributed by atoms with Crippen LogP contribution in [0.1, 0.15) is 104 Å². The summed E-state index contributed by atoms with van der Waals surface area (Å²) in [5.74, 6) is -1.16. The van der Waals surface area contributed by atoms with Gasteiger partial charge in [0.2, 0.25) is 0 Å². The van der Waals surface area contributed by atoms with Crippen molar-refractivity contribution in [3.05, 3.63) is 71.5 Å². The van der Waals surface area contributed by atoms with Crippen LogP contribution in [0.5, 0.6) is 0 Å². The highest BCUT2D eigenvalue weighted by atomic mass is 16.6. The van der Waals surface area contributed by atoms with E-state index < -0.39 is 35.2 Å². The quantitative estimate of drug-likeness (QED) is 0.0890. The number of anilines is 1. The van der Waals surface area contributed by atoms with Gasteiger partial charge in [0, 0.05) is 81.1 Å². The number of hydrogen-bond acceptors (Lipinski definition) is 12. The second kappa shape index (κ2) is 20.8. The molecule has 3 fully saturated rings. The van der Waals surface area contributed by atoms with Crippen LogP contribution >= 0.6 is 0 Å². The van der Waals surface area contributed by atoms with Crippen LogP contribution in [-0.2, 0) is 52.7 Å². The van der Waals surface area contributed by atoms with Crippen LogP contribution < -0.4 is 15.6 Å². The van der Waals surface area contributed by atoms with E-state index in [1.807, 2.05) is 31.3 Å². The Morgan fingerprint density at radius 3 is 2.42 bits per heavy atom. The first-order valence-electron chi connectivity index (χ1n) is 23.9. The van der Waals surface area contributed by atoms with E-state index in [9.17, 15) is 19.2 Å². The zero-order chi connectivity index (χ0) is 48.2. The topological polar surface area (TPSA) is 157 Å². The van der Waals surface area contributed by atoms with Gasteiger partial charge in [0.1, 0.15) is 17.7 Å². The molecule has 362 valence electrons. The summed E-state index contributed by atoms with van der Waals surface area (Å²) in [5.41, 5.74) is 10.8. The summed E-state index contributed by atoms with van der Waals surface area (Å²) in [6.07, 6.45) is 5.36. The number of benzene rings is 2. The minimum atomic E-state index is -1.00. The number of methoxy groups -OCH3 is 2. The number of alkyl carbamates (subject to hydrolysis) is 1. The van der Waals surface area contributed by atoms with E-state index in [-0.39, 0.29) is 31.0 Å². The molecular formula is C52H71N7O8. The number of ether oxygens (including phenoxy) is 4. The Hall–Kier alpha value is -5.51. The van der Waals surface area contributed by atoms with E-state index in [2.05, 4.69) is 76.2 Å². The van der Waals surface area contributed by atoms with Crippen LogP contribution in [0.3, 0.4) is 0 Å². The fourth-order valence-electron chi connectivity index (χ4n) is 9.94. The Labute approximate surface area is 395 Å². The van der Waals surface area contributed by atoms with Crippen LogP contribution in [-0.4, -0.2) is 121 Å². The Kier molecular flexibility index (Phi) is 15.3. The lowest BCUT2D eigenvalue weighted by Gasteiger charge is -2.39. The molecule has 2 aromatic heterocycles. The first-order chi connectivity index (χ1) is 31.9. The van der Waals surface area contributed by atoms with Crippen LogP contribution in [0, 0.1) is 5.41 Å². The summed E-state index contributed by atoms with van der Waals surface area (Å²) < 4.78 is 24.6. The first-order valence-corrected chi connectivity index (χ1v) is 23.9. The van der Waals surface area contributed by atoms with Crippen LogP contribution in [0.25, 0.3) is 33.3 Å². The van der Waals surface area contributed by atoms with Crippen molar-refractivity contribution < 1.29 is 38.1 Å². The predicted octanol–water partition coefficient (Wildman–Crippen LogP) is 7.62. The lowest BCUT2D eigenvalue weighted by atomic mass is 9.84.